The molecule has 1 atom stereocenters. The molecule has 2 aromatic carbocycles. The monoisotopic (exact) mass is 391 g/mol. The summed E-state index contributed by atoms with van der Waals surface area (Å²) in [5.41, 5.74) is 1.70. The number of nitrogens with one attached hydrogen (secondary N) is 1. The van der Waals surface area contributed by atoms with Crippen LogP contribution in [-0.2, 0) is 4.74 Å². The van der Waals surface area contributed by atoms with Gasteiger partial charge in [-0.1, -0.05) is 37.3 Å². The van der Waals surface area contributed by atoms with E-state index in [0.29, 0.717) is 24.5 Å². The summed E-state index contributed by atoms with van der Waals surface area (Å²) in [5.74, 6) is 0.591. The number of methoxy groups -OCH3 is 1. The molecule has 24 heavy (non-hydrogen) atoms. The van der Waals surface area contributed by atoms with Crippen LogP contribution in [-0.4, -0.2) is 26.2 Å². The van der Waals surface area contributed by atoms with Crippen LogP contribution in [0.2, 0.25) is 0 Å². The van der Waals surface area contributed by atoms with E-state index in [0.717, 1.165) is 16.5 Å². The fourth-order valence-electron chi connectivity index (χ4n) is 2.34. The topological polar surface area (TPSA) is 47.6 Å². The highest BCUT2D eigenvalue weighted by atomic mass is 79.9. The van der Waals surface area contributed by atoms with Gasteiger partial charge < -0.3 is 14.8 Å². The van der Waals surface area contributed by atoms with Crippen molar-refractivity contribution in [2.75, 3.05) is 20.3 Å². The predicted octanol–water partition coefficient (Wildman–Crippen LogP) is 4.36. The zero-order valence-electron chi connectivity index (χ0n) is 13.9. The third-order valence-electron chi connectivity index (χ3n) is 3.65. The number of hydrogen-bond acceptors (Lipinski definition) is 3. The lowest BCUT2D eigenvalue weighted by molar-refractivity contribution is 0.0935. The van der Waals surface area contributed by atoms with Crippen molar-refractivity contribution in [1.29, 1.82) is 0 Å². The van der Waals surface area contributed by atoms with E-state index in [1.54, 1.807) is 25.3 Å². The molecule has 0 bridgehead atoms. The molecule has 0 fully saturated rings. The van der Waals surface area contributed by atoms with Crippen molar-refractivity contribution in [3.8, 4) is 5.75 Å². The molecule has 5 heteroatoms. The highest BCUT2D eigenvalue weighted by molar-refractivity contribution is 9.10. The second-order valence-corrected chi connectivity index (χ2v) is 6.19. The van der Waals surface area contributed by atoms with Gasteiger partial charge in [-0.05, 0) is 46.1 Å². The molecule has 4 nitrogen and oxygen atoms in total. The van der Waals surface area contributed by atoms with Crippen LogP contribution in [0.25, 0.3) is 0 Å². The Kier molecular flexibility index (Phi) is 7.28. The molecule has 1 amide bonds. The van der Waals surface area contributed by atoms with Gasteiger partial charge in [0, 0.05) is 12.7 Å². The van der Waals surface area contributed by atoms with E-state index in [1.807, 2.05) is 30.3 Å². The molecule has 0 radical (unpaired) electrons. The van der Waals surface area contributed by atoms with Crippen molar-refractivity contribution in [2.24, 2.45) is 0 Å². The summed E-state index contributed by atoms with van der Waals surface area (Å²) < 4.78 is 11.3. The summed E-state index contributed by atoms with van der Waals surface area (Å²) in [7, 11) is 1.63. The molecular weight excluding hydrogens is 370 g/mol. The second kappa shape index (κ2) is 9.45. The van der Waals surface area contributed by atoms with Crippen molar-refractivity contribution in [2.45, 2.75) is 19.4 Å². The number of benzene rings is 2. The van der Waals surface area contributed by atoms with Gasteiger partial charge in [0.15, 0.2) is 0 Å². The Morgan fingerprint density at radius 3 is 2.54 bits per heavy atom. The van der Waals surface area contributed by atoms with Crippen LogP contribution in [0.15, 0.2) is 53.0 Å². The summed E-state index contributed by atoms with van der Waals surface area (Å²) in [6.07, 6.45) is 0.829. The Bertz CT molecular complexity index is 661. The molecule has 0 aliphatic heterocycles. The molecule has 1 N–H and O–H groups in total. The van der Waals surface area contributed by atoms with Gasteiger partial charge in [0.2, 0.25) is 0 Å². The van der Waals surface area contributed by atoms with Gasteiger partial charge in [-0.15, -0.1) is 0 Å². The van der Waals surface area contributed by atoms with E-state index in [-0.39, 0.29) is 11.9 Å². The zero-order valence-corrected chi connectivity index (χ0v) is 15.5. The third kappa shape index (κ3) is 5.08. The molecule has 2 aromatic rings. The van der Waals surface area contributed by atoms with Crippen molar-refractivity contribution in [1.82, 2.24) is 5.32 Å². The Balaban J connectivity index is 2.05. The summed E-state index contributed by atoms with van der Waals surface area (Å²) >= 11 is 3.45. The lowest BCUT2D eigenvalue weighted by Gasteiger charge is -2.18. The number of halogens is 1. The van der Waals surface area contributed by atoms with Crippen LogP contribution in [0.1, 0.15) is 35.3 Å². The molecule has 0 spiro atoms. The van der Waals surface area contributed by atoms with Crippen LogP contribution in [0, 0.1) is 0 Å². The van der Waals surface area contributed by atoms with Gasteiger partial charge in [-0.3, -0.25) is 4.79 Å². The van der Waals surface area contributed by atoms with Gasteiger partial charge in [-0.25, -0.2) is 0 Å². The second-order valence-electron chi connectivity index (χ2n) is 5.33. The number of carbonyl (C=O) groups excluding carboxylic acids is 1. The largest absolute Gasteiger partial charge is 0.490 e. The van der Waals surface area contributed by atoms with Crippen LogP contribution in [0.5, 0.6) is 5.75 Å². The minimum Gasteiger partial charge on any atom is -0.490 e. The van der Waals surface area contributed by atoms with E-state index in [4.69, 9.17) is 9.47 Å². The van der Waals surface area contributed by atoms with E-state index in [9.17, 15) is 4.79 Å². The summed E-state index contributed by atoms with van der Waals surface area (Å²) in [6.45, 7) is 3.04. The molecule has 0 aliphatic rings. The predicted molar refractivity (Wildman–Crippen MR) is 98.5 cm³/mol. The molecule has 0 heterocycles. The molecule has 0 aromatic heterocycles. The summed E-state index contributed by atoms with van der Waals surface area (Å²) in [5, 5.41) is 3.08. The van der Waals surface area contributed by atoms with Gasteiger partial charge in [0.05, 0.1) is 17.1 Å². The SMILES string of the molecule is CCC(NC(=O)c1ccc(OCCOC)c(Br)c1)c1ccccc1. The number of hydrogen-bond donors (Lipinski definition) is 1. The molecular formula is C19H22BrNO3. The Morgan fingerprint density at radius 2 is 1.92 bits per heavy atom. The maximum atomic E-state index is 12.5. The van der Waals surface area contributed by atoms with E-state index in [2.05, 4.69) is 28.2 Å². The summed E-state index contributed by atoms with van der Waals surface area (Å²) in [6, 6.07) is 15.3. The Hall–Kier alpha value is -1.85. The van der Waals surface area contributed by atoms with E-state index in [1.165, 1.54) is 0 Å². The highest BCUT2D eigenvalue weighted by Crippen LogP contribution is 2.26. The fourth-order valence-corrected chi connectivity index (χ4v) is 2.84. The van der Waals surface area contributed by atoms with Crippen LogP contribution >= 0.6 is 15.9 Å². The van der Waals surface area contributed by atoms with Crippen molar-refractivity contribution in [3.63, 3.8) is 0 Å². The standard InChI is InChI=1S/C19H22BrNO3/c1-3-17(14-7-5-4-6-8-14)21-19(22)15-9-10-18(16(20)13-15)24-12-11-23-2/h4-10,13,17H,3,11-12H2,1-2H3,(H,21,22). The number of carbonyl (C=O) groups is 1. The first-order valence-corrected chi connectivity index (χ1v) is 8.72. The molecule has 2 rings (SSSR count). The maximum Gasteiger partial charge on any atom is 0.251 e. The van der Waals surface area contributed by atoms with Crippen LogP contribution in [0.4, 0.5) is 0 Å². The summed E-state index contributed by atoms with van der Waals surface area (Å²) in [4.78, 5) is 12.5. The zero-order chi connectivity index (χ0) is 17.4. The first-order chi connectivity index (χ1) is 11.7. The minimum atomic E-state index is -0.102. The lowest BCUT2D eigenvalue weighted by atomic mass is 10.0. The smallest absolute Gasteiger partial charge is 0.251 e. The maximum absolute atomic E-state index is 12.5. The Labute approximate surface area is 151 Å². The molecule has 0 saturated carbocycles. The first-order valence-electron chi connectivity index (χ1n) is 7.92. The fraction of sp³-hybridized carbons (Fsp3) is 0.316. The molecule has 0 saturated heterocycles. The number of rotatable bonds is 8. The lowest BCUT2D eigenvalue weighted by Crippen LogP contribution is -2.28. The Morgan fingerprint density at radius 1 is 1.17 bits per heavy atom. The van der Waals surface area contributed by atoms with Crippen molar-refractivity contribution >= 4 is 21.8 Å². The third-order valence-corrected chi connectivity index (χ3v) is 4.27. The van der Waals surface area contributed by atoms with Crippen molar-refractivity contribution < 1.29 is 14.3 Å². The first kappa shape index (κ1) is 18.5. The molecule has 1 unspecified atom stereocenters. The van der Waals surface area contributed by atoms with Crippen LogP contribution in [0.3, 0.4) is 0 Å². The van der Waals surface area contributed by atoms with Crippen LogP contribution < -0.4 is 10.1 Å². The minimum absolute atomic E-state index is 0.00453. The average Bonchev–Trinajstić information content (AvgIpc) is 2.61. The highest BCUT2D eigenvalue weighted by Gasteiger charge is 2.15. The average molecular weight is 392 g/mol. The molecule has 0 aliphatic carbocycles. The van der Waals surface area contributed by atoms with Gasteiger partial charge in [0.1, 0.15) is 12.4 Å². The number of amides is 1. The van der Waals surface area contributed by atoms with Crippen molar-refractivity contribution in [3.05, 3.63) is 64.1 Å². The van der Waals surface area contributed by atoms with Gasteiger partial charge >= 0.3 is 0 Å². The van der Waals surface area contributed by atoms with E-state index >= 15 is 0 Å². The molecule has 128 valence electrons. The number of ether oxygens (including phenoxy) is 2. The quantitative estimate of drug-likeness (QED) is 0.680. The normalized spacial score (nSPS) is 11.8. The van der Waals surface area contributed by atoms with E-state index < -0.39 is 0 Å². The van der Waals surface area contributed by atoms with Gasteiger partial charge in [0.25, 0.3) is 5.91 Å². The van der Waals surface area contributed by atoms with Gasteiger partial charge in [-0.2, -0.15) is 0 Å².